The normalized spacial score (nSPS) is 9.86. The summed E-state index contributed by atoms with van der Waals surface area (Å²) in [5.41, 5.74) is 1.04. The Hall–Kier alpha value is -2.73. The largest absolute Gasteiger partial charge is 0.482 e. The Morgan fingerprint density at radius 1 is 1.05 bits per heavy atom. The molecule has 0 saturated carbocycles. The molecule has 2 amide bonds. The Morgan fingerprint density at radius 2 is 1.73 bits per heavy atom. The van der Waals surface area contributed by atoms with E-state index < -0.39 is 18.6 Å². The van der Waals surface area contributed by atoms with Crippen molar-refractivity contribution in [3.05, 3.63) is 53.6 Å². The summed E-state index contributed by atoms with van der Waals surface area (Å²) in [7, 11) is 0. The number of anilines is 2. The van der Waals surface area contributed by atoms with Crippen LogP contribution in [-0.4, -0.2) is 23.7 Å². The number of carbonyl (C=O) groups is 2. The highest BCUT2D eigenvalue weighted by Gasteiger charge is 2.06. The van der Waals surface area contributed by atoms with Crippen molar-refractivity contribution in [3.63, 3.8) is 0 Å². The zero-order chi connectivity index (χ0) is 15.9. The molecule has 2 aromatic rings. The van der Waals surface area contributed by atoms with Crippen molar-refractivity contribution >= 4 is 35.0 Å². The molecule has 0 fully saturated rings. The highest BCUT2D eigenvalue weighted by molar-refractivity contribution is 6.33. The number of rotatable bonds is 5. The monoisotopic (exact) mass is 320 g/mol. The van der Waals surface area contributed by atoms with Gasteiger partial charge in [0.1, 0.15) is 5.75 Å². The Balaban J connectivity index is 1.91. The number of carboxylic acids is 1. The zero-order valence-corrected chi connectivity index (χ0v) is 12.1. The third-order valence-corrected chi connectivity index (χ3v) is 2.93. The summed E-state index contributed by atoms with van der Waals surface area (Å²) in [5, 5.41) is 14.2. The molecule has 0 spiro atoms. The van der Waals surface area contributed by atoms with Crippen LogP contribution >= 0.6 is 11.6 Å². The molecule has 114 valence electrons. The average molecular weight is 321 g/mol. The quantitative estimate of drug-likeness (QED) is 0.787. The molecule has 0 saturated heterocycles. The number of nitrogens with one attached hydrogen (secondary N) is 2. The first-order valence-corrected chi connectivity index (χ1v) is 6.69. The number of carboxylic acid groups (broad SMARTS) is 1. The van der Waals surface area contributed by atoms with E-state index in [1.54, 1.807) is 48.5 Å². The summed E-state index contributed by atoms with van der Waals surface area (Å²) in [5.74, 6) is -0.652. The van der Waals surface area contributed by atoms with Gasteiger partial charge in [-0.15, -0.1) is 0 Å². The van der Waals surface area contributed by atoms with Crippen molar-refractivity contribution in [1.29, 1.82) is 0 Å². The maximum Gasteiger partial charge on any atom is 0.341 e. The van der Waals surface area contributed by atoms with Crippen molar-refractivity contribution in [1.82, 2.24) is 0 Å². The molecule has 3 N–H and O–H groups in total. The van der Waals surface area contributed by atoms with E-state index in [1.807, 2.05) is 0 Å². The smallest absolute Gasteiger partial charge is 0.341 e. The lowest BCUT2D eigenvalue weighted by molar-refractivity contribution is -0.139. The molecule has 7 heteroatoms. The van der Waals surface area contributed by atoms with E-state index in [2.05, 4.69) is 10.6 Å². The number of carbonyl (C=O) groups excluding carboxylic acids is 1. The Bertz CT molecular complexity index is 673. The van der Waals surface area contributed by atoms with E-state index in [9.17, 15) is 9.59 Å². The van der Waals surface area contributed by atoms with E-state index in [1.165, 1.54) is 0 Å². The van der Waals surface area contributed by atoms with Crippen molar-refractivity contribution < 1.29 is 19.4 Å². The first-order chi connectivity index (χ1) is 10.5. The van der Waals surface area contributed by atoms with Crippen molar-refractivity contribution in [2.24, 2.45) is 0 Å². The van der Waals surface area contributed by atoms with E-state index in [4.69, 9.17) is 21.4 Å². The average Bonchev–Trinajstić information content (AvgIpc) is 2.49. The summed E-state index contributed by atoms with van der Waals surface area (Å²) >= 11 is 5.95. The fourth-order valence-electron chi connectivity index (χ4n) is 1.63. The number of amides is 2. The van der Waals surface area contributed by atoms with Crippen LogP contribution in [-0.2, 0) is 4.79 Å². The molecule has 0 unspecified atom stereocenters. The lowest BCUT2D eigenvalue weighted by Gasteiger charge is -2.09. The van der Waals surface area contributed by atoms with Gasteiger partial charge in [0.25, 0.3) is 0 Å². The molecule has 2 rings (SSSR count). The molecule has 22 heavy (non-hydrogen) atoms. The number of para-hydroxylation sites is 1. The van der Waals surface area contributed by atoms with Gasteiger partial charge in [-0.3, -0.25) is 0 Å². The molecule has 0 heterocycles. The standard InChI is InChI=1S/C15H13ClN2O4/c16-12-3-1-2-4-13(12)18-15(21)17-10-5-7-11(8-6-10)22-9-14(19)20/h1-8H,9H2,(H,19,20)(H2,17,18,21). The number of aliphatic carboxylic acids is 1. The van der Waals surface area contributed by atoms with Crippen LogP contribution in [0.5, 0.6) is 5.75 Å². The highest BCUT2D eigenvalue weighted by Crippen LogP contribution is 2.21. The van der Waals surface area contributed by atoms with Crippen LogP contribution in [0.2, 0.25) is 5.02 Å². The molecule has 0 radical (unpaired) electrons. The van der Waals surface area contributed by atoms with Gasteiger partial charge in [-0.25, -0.2) is 9.59 Å². The molecule has 0 aliphatic carbocycles. The minimum absolute atomic E-state index is 0.402. The second-order valence-electron chi connectivity index (χ2n) is 4.27. The first kappa shape index (κ1) is 15.7. The van der Waals surface area contributed by atoms with Gasteiger partial charge in [0.15, 0.2) is 6.61 Å². The van der Waals surface area contributed by atoms with E-state index in [0.29, 0.717) is 22.1 Å². The van der Waals surface area contributed by atoms with Gasteiger partial charge in [-0.2, -0.15) is 0 Å². The highest BCUT2D eigenvalue weighted by atomic mass is 35.5. The molecule has 0 bridgehead atoms. The van der Waals surface area contributed by atoms with Gasteiger partial charge in [0.05, 0.1) is 10.7 Å². The molecular weight excluding hydrogens is 308 g/mol. The number of ether oxygens (including phenoxy) is 1. The van der Waals surface area contributed by atoms with Gasteiger partial charge in [-0.05, 0) is 36.4 Å². The number of hydrogen-bond donors (Lipinski definition) is 3. The van der Waals surface area contributed by atoms with Crippen LogP contribution in [0.1, 0.15) is 0 Å². The summed E-state index contributed by atoms with van der Waals surface area (Å²) in [6.07, 6.45) is 0. The molecule has 2 aromatic carbocycles. The van der Waals surface area contributed by atoms with Gasteiger partial charge in [0.2, 0.25) is 0 Å². The van der Waals surface area contributed by atoms with Crippen molar-refractivity contribution in [3.8, 4) is 5.75 Å². The molecule has 0 aliphatic rings. The molecule has 6 nitrogen and oxygen atoms in total. The third-order valence-electron chi connectivity index (χ3n) is 2.60. The minimum atomic E-state index is -1.05. The zero-order valence-electron chi connectivity index (χ0n) is 11.4. The summed E-state index contributed by atoms with van der Waals surface area (Å²) in [6.45, 7) is -0.417. The van der Waals surface area contributed by atoms with Gasteiger partial charge in [0, 0.05) is 5.69 Å². The minimum Gasteiger partial charge on any atom is -0.482 e. The summed E-state index contributed by atoms with van der Waals surface area (Å²) in [4.78, 5) is 22.2. The van der Waals surface area contributed by atoms with Crippen molar-refractivity contribution in [2.45, 2.75) is 0 Å². The van der Waals surface area contributed by atoms with Crippen LogP contribution in [0.25, 0.3) is 0 Å². The predicted octanol–water partition coefficient (Wildman–Crippen LogP) is 3.45. The molecule has 0 aliphatic heterocycles. The number of hydrogen-bond acceptors (Lipinski definition) is 3. The van der Waals surface area contributed by atoms with E-state index in [-0.39, 0.29) is 0 Å². The molecule has 0 aromatic heterocycles. The van der Waals surface area contributed by atoms with Gasteiger partial charge >= 0.3 is 12.0 Å². The second kappa shape index (κ2) is 7.33. The predicted molar refractivity (Wildman–Crippen MR) is 83.7 cm³/mol. The fraction of sp³-hybridized carbons (Fsp3) is 0.0667. The maximum atomic E-state index is 11.8. The summed E-state index contributed by atoms with van der Waals surface area (Å²) < 4.78 is 4.99. The van der Waals surface area contributed by atoms with Gasteiger partial charge in [-0.1, -0.05) is 23.7 Å². The SMILES string of the molecule is O=C(O)COc1ccc(NC(=O)Nc2ccccc2Cl)cc1. The summed E-state index contributed by atoms with van der Waals surface area (Å²) in [6, 6.07) is 12.8. The number of urea groups is 1. The topological polar surface area (TPSA) is 87.7 Å². The van der Waals surface area contributed by atoms with Crippen LogP contribution in [0, 0.1) is 0 Å². The van der Waals surface area contributed by atoms with Crippen LogP contribution in [0.15, 0.2) is 48.5 Å². The third kappa shape index (κ3) is 4.68. The van der Waals surface area contributed by atoms with E-state index in [0.717, 1.165) is 0 Å². The van der Waals surface area contributed by atoms with E-state index >= 15 is 0 Å². The number of halogens is 1. The lowest BCUT2D eigenvalue weighted by atomic mass is 10.3. The Labute approximate surface area is 131 Å². The Morgan fingerprint density at radius 3 is 2.36 bits per heavy atom. The molecule has 0 atom stereocenters. The van der Waals surface area contributed by atoms with Crippen molar-refractivity contribution in [2.75, 3.05) is 17.2 Å². The van der Waals surface area contributed by atoms with Crippen LogP contribution in [0.4, 0.5) is 16.2 Å². The first-order valence-electron chi connectivity index (χ1n) is 6.32. The lowest BCUT2D eigenvalue weighted by Crippen LogP contribution is -2.19. The van der Waals surface area contributed by atoms with Gasteiger partial charge < -0.3 is 20.5 Å². The number of benzene rings is 2. The van der Waals surface area contributed by atoms with Crippen LogP contribution < -0.4 is 15.4 Å². The Kier molecular flexibility index (Phi) is 5.21. The molecular formula is C15H13ClN2O4. The van der Waals surface area contributed by atoms with Crippen LogP contribution in [0.3, 0.4) is 0 Å². The second-order valence-corrected chi connectivity index (χ2v) is 4.67. The fourth-order valence-corrected chi connectivity index (χ4v) is 1.81. The maximum absolute atomic E-state index is 11.8.